The van der Waals surface area contributed by atoms with E-state index in [0.29, 0.717) is 5.56 Å². The first-order valence-corrected chi connectivity index (χ1v) is 4.68. The Labute approximate surface area is 88.8 Å². The Balaban J connectivity index is 2.76. The molecule has 15 heavy (non-hydrogen) atoms. The number of aliphatic hydroxyl groups excluding tert-OH is 2. The summed E-state index contributed by atoms with van der Waals surface area (Å²) in [5.74, 6) is 0. The van der Waals surface area contributed by atoms with Crippen molar-refractivity contribution in [2.75, 3.05) is 7.05 Å². The second-order valence-electron chi connectivity index (χ2n) is 3.29. The molecule has 0 aliphatic heterocycles. The zero-order valence-corrected chi connectivity index (χ0v) is 8.51. The van der Waals surface area contributed by atoms with E-state index in [1.165, 1.54) is 0 Å². The Bertz CT molecular complexity index is 343. The molecule has 0 amide bonds. The Morgan fingerprint density at radius 1 is 1.33 bits per heavy atom. The summed E-state index contributed by atoms with van der Waals surface area (Å²) < 4.78 is 0. The van der Waals surface area contributed by atoms with Crippen LogP contribution in [0.3, 0.4) is 0 Å². The summed E-state index contributed by atoms with van der Waals surface area (Å²) in [5, 5.41) is 30.1. The molecule has 0 saturated carbocycles. The number of rotatable bonds is 4. The predicted molar refractivity (Wildman–Crippen MR) is 55.8 cm³/mol. The van der Waals surface area contributed by atoms with Gasteiger partial charge in [0.15, 0.2) is 6.10 Å². The normalized spacial score (nSPS) is 14.3. The predicted octanol–water partition coefficient (Wildman–Crippen LogP) is 0.324. The van der Waals surface area contributed by atoms with Crippen molar-refractivity contribution in [3.63, 3.8) is 0 Å². The lowest BCUT2D eigenvalue weighted by Crippen LogP contribution is -2.15. The van der Waals surface area contributed by atoms with Crippen molar-refractivity contribution >= 4 is 0 Å². The Morgan fingerprint density at radius 3 is 2.40 bits per heavy atom. The van der Waals surface area contributed by atoms with Crippen molar-refractivity contribution < 1.29 is 10.2 Å². The third-order valence-electron chi connectivity index (χ3n) is 2.13. The number of nitrogens with zero attached hydrogens (tertiary/aromatic N) is 1. The fraction of sp³-hybridized carbons (Fsp3) is 0.364. The van der Waals surface area contributed by atoms with Crippen LogP contribution < -0.4 is 5.32 Å². The average molecular weight is 206 g/mol. The molecule has 4 heteroatoms. The number of nitrogens with one attached hydrogen (secondary N) is 1. The first-order chi connectivity index (χ1) is 7.19. The molecule has 0 aromatic heterocycles. The number of hydrogen-bond acceptors (Lipinski definition) is 4. The minimum atomic E-state index is -1.37. The Kier molecular flexibility index (Phi) is 4.25. The Hall–Kier alpha value is -1.41. The van der Waals surface area contributed by atoms with E-state index in [0.717, 1.165) is 12.1 Å². The third-order valence-corrected chi connectivity index (χ3v) is 2.13. The van der Waals surface area contributed by atoms with Crippen molar-refractivity contribution in [3.05, 3.63) is 35.4 Å². The molecule has 0 bridgehead atoms. The molecule has 0 aliphatic rings. The first kappa shape index (κ1) is 11.7. The molecule has 3 N–H and O–H groups in total. The highest BCUT2D eigenvalue weighted by Crippen LogP contribution is 2.17. The van der Waals surface area contributed by atoms with Crippen molar-refractivity contribution in [2.45, 2.75) is 18.8 Å². The number of hydrogen-bond donors (Lipinski definition) is 3. The minimum Gasteiger partial charge on any atom is -0.385 e. The van der Waals surface area contributed by atoms with Gasteiger partial charge in [-0.3, -0.25) is 0 Å². The van der Waals surface area contributed by atoms with Crippen LogP contribution in [0.15, 0.2) is 24.3 Å². The number of aliphatic hydroxyl groups is 2. The second kappa shape index (κ2) is 5.47. The van der Waals surface area contributed by atoms with E-state index < -0.39 is 12.2 Å². The molecule has 0 spiro atoms. The zero-order chi connectivity index (χ0) is 11.3. The maximum Gasteiger partial charge on any atom is 0.170 e. The van der Waals surface area contributed by atoms with Crippen molar-refractivity contribution in [1.82, 2.24) is 5.32 Å². The van der Waals surface area contributed by atoms with E-state index in [1.54, 1.807) is 18.2 Å². The molecule has 1 rings (SSSR count). The van der Waals surface area contributed by atoms with E-state index in [9.17, 15) is 5.11 Å². The van der Waals surface area contributed by atoms with E-state index in [2.05, 4.69) is 5.32 Å². The van der Waals surface area contributed by atoms with E-state index in [-0.39, 0.29) is 0 Å². The summed E-state index contributed by atoms with van der Waals surface area (Å²) in [6, 6.07) is 8.70. The standard InChI is InChI=1S/C11H14N2O2/c1-13-7-8-2-4-9(5-3-8)11(15)10(14)6-12/h2-5,10-11,13-15H,7H2,1H3. The van der Waals surface area contributed by atoms with Crippen LogP contribution in [0.2, 0.25) is 0 Å². The van der Waals surface area contributed by atoms with Crippen LogP contribution in [0.1, 0.15) is 17.2 Å². The van der Waals surface area contributed by atoms with Crippen LogP contribution in [0, 0.1) is 11.3 Å². The maximum atomic E-state index is 9.52. The lowest BCUT2D eigenvalue weighted by molar-refractivity contribution is 0.0528. The first-order valence-electron chi connectivity index (χ1n) is 4.68. The fourth-order valence-corrected chi connectivity index (χ4v) is 1.29. The van der Waals surface area contributed by atoms with Gasteiger partial charge in [0.25, 0.3) is 0 Å². The molecule has 1 aromatic rings. The molecule has 0 aliphatic carbocycles. The minimum absolute atomic E-state index is 0.545. The molecule has 1 aromatic carbocycles. The Morgan fingerprint density at radius 2 is 1.93 bits per heavy atom. The molecule has 2 atom stereocenters. The van der Waals surface area contributed by atoms with Gasteiger partial charge in [-0.15, -0.1) is 0 Å². The molecule has 0 saturated heterocycles. The van der Waals surface area contributed by atoms with Crippen LogP contribution in [0.25, 0.3) is 0 Å². The van der Waals surface area contributed by atoms with Gasteiger partial charge >= 0.3 is 0 Å². The van der Waals surface area contributed by atoms with Crippen LogP contribution in [0.4, 0.5) is 0 Å². The quantitative estimate of drug-likeness (QED) is 0.620. The third kappa shape index (κ3) is 3.03. The lowest BCUT2D eigenvalue weighted by Gasteiger charge is -2.12. The van der Waals surface area contributed by atoms with Gasteiger partial charge in [-0.25, -0.2) is 0 Å². The summed E-state index contributed by atoms with van der Waals surface area (Å²) in [7, 11) is 1.85. The van der Waals surface area contributed by atoms with Gasteiger partial charge in [-0.1, -0.05) is 24.3 Å². The number of benzene rings is 1. The SMILES string of the molecule is CNCc1ccc(C(O)C(O)C#N)cc1. The fourth-order valence-electron chi connectivity index (χ4n) is 1.29. The summed E-state index contributed by atoms with van der Waals surface area (Å²) in [4.78, 5) is 0. The molecule has 80 valence electrons. The van der Waals surface area contributed by atoms with Gasteiger partial charge in [0.1, 0.15) is 6.10 Å². The van der Waals surface area contributed by atoms with Crippen LogP contribution in [-0.2, 0) is 6.54 Å². The highest BCUT2D eigenvalue weighted by molar-refractivity contribution is 5.25. The topological polar surface area (TPSA) is 76.3 Å². The van der Waals surface area contributed by atoms with E-state index >= 15 is 0 Å². The zero-order valence-electron chi connectivity index (χ0n) is 8.51. The van der Waals surface area contributed by atoms with Crippen LogP contribution in [-0.4, -0.2) is 23.4 Å². The average Bonchev–Trinajstić information content (AvgIpc) is 2.28. The highest BCUT2D eigenvalue weighted by Gasteiger charge is 2.16. The molecule has 4 nitrogen and oxygen atoms in total. The van der Waals surface area contributed by atoms with E-state index in [1.807, 2.05) is 19.2 Å². The monoisotopic (exact) mass is 206 g/mol. The molecule has 2 unspecified atom stereocenters. The van der Waals surface area contributed by atoms with Gasteiger partial charge in [-0.05, 0) is 18.2 Å². The smallest absolute Gasteiger partial charge is 0.170 e. The van der Waals surface area contributed by atoms with Crippen molar-refractivity contribution in [3.8, 4) is 6.07 Å². The maximum absolute atomic E-state index is 9.52. The lowest BCUT2D eigenvalue weighted by atomic mass is 10.0. The van der Waals surface area contributed by atoms with Gasteiger partial charge in [0, 0.05) is 6.54 Å². The van der Waals surface area contributed by atoms with Crippen molar-refractivity contribution in [1.29, 1.82) is 5.26 Å². The second-order valence-corrected chi connectivity index (χ2v) is 3.29. The van der Waals surface area contributed by atoms with Gasteiger partial charge in [0.05, 0.1) is 6.07 Å². The molecule has 0 radical (unpaired) electrons. The number of nitriles is 1. The molecular formula is C11H14N2O2. The summed E-state index contributed by atoms with van der Waals surface area (Å²) in [6.45, 7) is 0.747. The summed E-state index contributed by atoms with van der Waals surface area (Å²) in [6.07, 6.45) is -2.52. The van der Waals surface area contributed by atoms with Crippen LogP contribution >= 0.6 is 0 Å². The van der Waals surface area contributed by atoms with Crippen LogP contribution in [0.5, 0.6) is 0 Å². The summed E-state index contributed by atoms with van der Waals surface area (Å²) in [5.41, 5.74) is 1.63. The van der Waals surface area contributed by atoms with E-state index in [4.69, 9.17) is 10.4 Å². The largest absolute Gasteiger partial charge is 0.385 e. The van der Waals surface area contributed by atoms with Crippen molar-refractivity contribution in [2.24, 2.45) is 0 Å². The summed E-state index contributed by atoms with van der Waals surface area (Å²) >= 11 is 0. The molecule has 0 fully saturated rings. The van der Waals surface area contributed by atoms with Gasteiger partial charge in [-0.2, -0.15) is 5.26 Å². The van der Waals surface area contributed by atoms with Gasteiger partial charge in [0.2, 0.25) is 0 Å². The highest BCUT2D eigenvalue weighted by atomic mass is 16.3. The molecular weight excluding hydrogens is 192 g/mol. The molecule has 0 heterocycles. The van der Waals surface area contributed by atoms with Gasteiger partial charge < -0.3 is 15.5 Å².